The Morgan fingerprint density at radius 1 is 1.13 bits per heavy atom. The first-order valence-electron chi connectivity index (χ1n) is 7.27. The van der Waals surface area contributed by atoms with Gasteiger partial charge in [-0.2, -0.15) is 0 Å². The predicted molar refractivity (Wildman–Crippen MR) is 96.4 cm³/mol. The minimum absolute atomic E-state index is 0.152. The number of hydrogen-bond donors (Lipinski definition) is 1. The van der Waals surface area contributed by atoms with Crippen molar-refractivity contribution in [2.45, 2.75) is 6.92 Å². The van der Waals surface area contributed by atoms with Crippen LogP contribution in [0.4, 0.5) is 5.69 Å². The summed E-state index contributed by atoms with van der Waals surface area (Å²) in [5.74, 6) is -0.152. The minimum Gasteiger partial charge on any atom is -0.322 e. The molecular formula is C19H16N2OS. The van der Waals surface area contributed by atoms with E-state index in [0.29, 0.717) is 0 Å². The lowest BCUT2D eigenvalue weighted by Gasteiger charge is -2.04. The fourth-order valence-electron chi connectivity index (χ4n) is 2.17. The molecular weight excluding hydrogens is 304 g/mol. The zero-order chi connectivity index (χ0) is 16.1. The van der Waals surface area contributed by atoms with Crippen LogP contribution in [0.2, 0.25) is 0 Å². The Morgan fingerprint density at radius 2 is 1.96 bits per heavy atom. The predicted octanol–water partition coefficient (Wildman–Crippen LogP) is 4.77. The van der Waals surface area contributed by atoms with Gasteiger partial charge in [-0.15, -0.1) is 11.3 Å². The van der Waals surface area contributed by atoms with Gasteiger partial charge in [-0.1, -0.05) is 42.5 Å². The summed E-state index contributed by atoms with van der Waals surface area (Å²) in [6.07, 6.45) is 3.33. The van der Waals surface area contributed by atoms with E-state index in [1.165, 1.54) is 6.08 Å². The lowest BCUT2D eigenvalue weighted by Crippen LogP contribution is -2.07. The molecule has 0 unspecified atom stereocenters. The molecule has 0 atom stereocenters. The SMILES string of the molecule is Cc1nc(-c2cccc(NC(=O)/C=C/c3ccccc3)c2)cs1. The monoisotopic (exact) mass is 320 g/mol. The summed E-state index contributed by atoms with van der Waals surface area (Å²) in [4.78, 5) is 16.5. The summed E-state index contributed by atoms with van der Waals surface area (Å²) in [6.45, 7) is 1.98. The number of rotatable bonds is 4. The average molecular weight is 320 g/mol. The number of nitrogens with one attached hydrogen (secondary N) is 1. The molecule has 0 fully saturated rings. The van der Waals surface area contributed by atoms with Crippen LogP contribution in [-0.4, -0.2) is 10.9 Å². The topological polar surface area (TPSA) is 42.0 Å². The van der Waals surface area contributed by atoms with E-state index in [0.717, 1.165) is 27.5 Å². The second-order valence-corrected chi connectivity index (χ2v) is 6.13. The van der Waals surface area contributed by atoms with Crippen LogP contribution in [0.1, 0.15) is 10.6 Å². The van der Waals surface area contributed by atoms with Gasteiger partial charge in [-0.25, -0.2) is 4.98 Å². The number of amides is 1. The fourth-order valence-corrected chi connectivity index (χ4v) is 2.79. The smallest absolute Gasteiger partial charge is 0.248 e. The second kappa shape index (κ2) is 7.03. The molecule has 1 N–H and O–H groups in total. The summed E-state index contributed by atoms with van der Waals surface area (Å²) in [6, 6.07) is 17.4. The summed E-state index contributed by atoms with van der Waals surface area (Å²) < 4.78 is 0. The Bertz CT molecular complexity index is 837. The summed E-state index contributed by atoms with van der Waals surface area (Å²) in [5, 5.41) is 5.93. The van der Waals surface area contributed by atoms with Crippen LogP contribution in [0, 0.1) is 6.92 Å². The first-order valence-corrected chi connectivity index (χ1v) is 8.15. The molecule has 0 bridgehead atoms. The normalized spacial score (nSPS) is 10.8. The number of carbonyl (C=O) groups excluding carboxylic acids is 1. The van der Waals surface area contributed by atoms with Crippen molar-refractivity contribution >= 4 is 29.0 Å². The molecule has 1 heterocycles. The van der Waals surface area contributed by atoms with E-state index in [9.17, 15) is 4.79 Å². The van der Waals surface area contributed by atoms with Crippen molar-refractivity contribution in [1.29, 1.82) is 0 Å². The van der Waals surface area contributed by atoms with Crippen LogP contribution in [0.5, 0.6) is 0 Å². The van der Waals surface area contributed by atoms with Gasteiger partial charge in [0.05, 0.1) is 10.7 Å². The van der Waals surface area contributed by atoms with Gasteiger partial charge in [0.1, 0.15) is 0 Å². The molecule has 3 aromatic rings. The lowest BCUT2D eigenvalue weighted by molar-refractivity contribution is -0.111. The Hall–Kier alpha value is -2.72. The molecule has 114 valence electrons. The number of aromatic nitrogens is 1. The number of aryl methyl sites for hydroxylation is 1. The molecule has 0 aliphatic heterocycles. The summed E-state index contributed by atoms with van der Waals surface area (Å²) in [5.41, 5.74) is 3.69. The first-order chi connectivity index (χ1) is 11.2. The maximum atomic E-state index is 12.0. The highest BCUT2D eigenvalue weighted by molar-refractivity contribution is 7.09. The zero-order valence-corrected chi connectivity index (χ0v) is 13.5. The number of nitrogens with zero attached hydrogens (tertiary/aromatic N) is 1. The number of thiazole rings is 1. The molecule has 0 radical (unpaired) electrons. The van der Waals surface area contributed by atoms with E-state index in [-0.39, 0.29) is 5.91 Å². The molecule has 0 aliphatic carbocycles. The van der Waals surface area contributed by atoms with E-state index in [4.69, 9.17) is 0 Å². The van der Waals surface area contributed by atoms with Crippen molar-refractivity contribution in [3.8, 4) is 11.3 Å². The summed E-state index contributed by atoms with van der Waals surface area (Å²) >= 11 is 1.62. The highest BCUT2D eigenvalue weighted by atomic mass is 32.1. The molecule has 0 saturated heterocycles. The van der Waals surface area contributed by atoms with Crippen LogP contribution >= 0.6 is 11.3 Å². The largest absolute Gasteiger partial charge is 0.322 e. The third-order valence-electron chi connectivity index (χ3n) is 3.27. The van der Waals surface area contributed by atoms with Gasteiger partial charge in [-0.05, 0) is 30.7 Å². The van der Waals surface area contributed by atoms with E-state index in [1.807, 2.05) is 66.9 Å². The number of benzene rings is 2. The van der Waals surface area contributed by atoms with Gasteiger partial charge in [0.2, 0.25) is 5.91 Å². The number of anilines is 1. The van der Waals surface area contributed by atoms with E-state index in [1.54, 1.807) is 17.4 Å². The highest BCUT2D eigenvalue weighted by Crippen LogP contribution is 2.24. The Morgan fingerprint density at radius 3 is 2.70 bits per heavy atom. The van der Waals surface area contributed by atoms with Crippen molar-refractivity contribution in [3.05, 3.63) is 76.6 Å². The Balaban J connectivity index is 1.70. The van der Waals surface area contributed by atoms with Crippen LogP contribution in [0.25, 0.3) is 17.3 Å². The molecule has 0 aliphatic rings. The molecule has 3 nitrogen and oxygen atoms in total. The van der Waals surface area contributed by atoms with Crippen LogP contribution in [0.15, 0.2) is 66.1 Å². The third kappa shape index (κ3) is 4.14. The lowest BCUT2D eigenvalue weighted by atomic mass is 10.1. The average Bonchev–Trinajstić information content (AvgIpc) is 3.01. The second-order valence-electron chi connectivity index (χ2n) is 5.07. The molecule has 4 heteroatoms. The van der Waals surface area contributed by atoms with Gasteiger partial charge >= 0.3 is 0 Å². The maximum absolute atomic E-state index is 12.0. The molecule has 3 rings (SSSR count). The summed E-state index contributed by atoms with van der Waals surface area (Å²) in [7, 11) is 0. The quantitative estimate of drug-likeness (QED) is 0.704. The van der Waals surface area contributed by atoms with E-state index in [2.05, 4.69) is 10.3 Å². The van der Waals surface area contributed by atoms with E-state index < -0.39 is 0 Å². The van der Waals surface area contributed by atoms with Crippen molar-refractivity contribution in [2.75, 3.05) is 5.32 Å². The van der Waals surface area contributed by atoms with E-state index >= 15 is 0 Å². The Kier molecular flexibility index (Phi) is 4.64. The van der Waals surface area contributed by atoms with Gasteiger partial charge in [0, 0.05) is 22.7 Å². The van der Waals surface area contributed by atoms with Gasteiger partial charge in [-0.3, -0.25) is 4.79 Å². The molecule has 2 aromatic carbocycles. The van der Waals surface area contributed by atoms with Crippen molar-refractivity contribution in [3.63, 3.8) is 0 Å². The molecule has 0 spiro atoms. The van der Waals surface area contributed by atoms with Gasteiger partial charge in [0.25, 0.3) is 0 Å². The van der Waals surface area contributed by atoms with Crippen LogP contribution in [0.3, 0.4) is 0 Å². The maximum Gasteiger partial charge on any atom is 0.248 e. The third-order valence-corrected chi connectivity index (χ3v) is 4.05. The molecule has 23 heavy (non-hydrogen) atoms. The molecule has 0 saturated carbocycles. The van der Waals surface area contributed by atoms with Crippen molar-refractivity contribution < 1.29 is 4.79 Å². The fraction of sp³-hybridized carbons (Fsp3) is 0.0526. The molecule has 1 amide bonds. The Labute approximate surface area is 139 Å². The first kappa shape index (κ1) is 15.2. The highest BCUT2D eigenvalue weighted by Gasteiger charge is 2.04. The van der Waals surface area contributed by atoms with Crippen molar-refractivity contribution in [2.24, 2.45) is 0 Å². The van der Waals surface area contributed by atoms with Gasteiger partial charge in [0.15, 0.2) is 0 Å². The minimum atomic E-state index is -0.152. The standard InChI is InChI=1S/C19H16N2OS/c1-14-20-18(13-23-14)16-8-5-9-17(12-16)21-19(22)11-10-15-6-3-2-4-7-15/h2-13H,1H3,(H,21,22)/b11-10+. The molecule has 1 aromatic heterocycles. The van der Waals surface area contributed by atoms with Gasteiger partial charge < -0.3 is 5.32 Å². The van der Waals surface area contributed by atoms with Crippen LogP contribution < -0.4 is 5.32 Å². The zero-order valence-electron chi connectivity index (χ0n) is 12.7. The van der Waals surface area contributed by atoms with Crippen molar-refractivity contribution in [1.82, 2.24) is 4.98 Å². The van der Waals surface area contributed by atoms with Crippen LogP contribution in [-0.2, 0) is 4.79 Å². The number of carbonyl (C=O) groups is 1. The number of hydrogen-bond acceptors (Lipinski definition) is 3.